The summed E-state index contributed by atoms with van der Waals surface area (Å²) in [5.74, 6) is 5.46. The number of carbonyl (C=O) groups excluding carboxylic acids is 1. The predicted octanol–water partition coefficient (Wildman–Crippen LogP) is 3.73. The molecular weight excluding hydrogens is 392 g/mol. The molecule has 0 aliphatic rings. The van der Waals surface area contributed by atoms with E-state index in [-0.39, 0.29) is 12.2 Å². The van der Waals surface area contributed by atoms with Crippen LogP contribution in [-0.4, -0.2) is 34.7 Å². The largest absolute Gasteiger partial charge is 0.493 e. The zero-order valence-corrected chi connectivity index (χ0v) is 16.8. The molecule has 0 unspecified atom stereocenters. The van der Waals surface area contributed by atoms with Crippen LogP contribution < -0.4 is 4.74 Å². The van der Waals surface area contributed by atoms with Crippen LogP contribution in [0.3, 0.4) is 0 Å². The average Bonchev–Trinajstić information content (AvgIpc) is 2.80. The van der Waals surface area contributed by atoms with E-state index in [1.54, 1.807) is 60.7 Å². The van der Waals surface area contributed by atoms with Crippen LogP contribution in [0.5, 0.6) is 5.75 Å². The summed E-state index contributed by atoms with van der Waals surface area (Å²) in [6.45, 7) is 0.419. The Hall–Kier alpha value is -3.88. The molecule has 0 bridgehead atoms. The number of aliphatic hydroxyl groups is 1. The third-order valence-corrected chi connectivity index (χ3v) is 4.55. The molecule has 0 spiro atoms. The number of hydrogen-bond donors (Lipinski definition) is 2. The number of aliphatic carboxylic acids is 1. The Morgan fingerprint density at radius 1 is 0.871 bits per heavy atom. The van der Waals surface area contributed by atoms with Gasteiger partial charge >= 0.3 is 5.97 Å². The molecule has 2 N–H and O–H groups in total. The van der Waals surface area contributed by atoms with Crippen LogP contribution in [0.2, 0.25) is 0 Å². The molecule has 0 aliphatic carbocycles. The normalized spacial score (nSPS) is 11.1. The molecule has 31 heavy (non-hydrogen) atoms. The number of benzene rings is 3. The first kappa shape index (κ1) is 21.8. The van der Waals surface area contributed by atoms with Crippen molar-refractivity contribution in [2.45, 2.75) is 18.9 Å². The lowest BCUT2D eigenvalue weighted by atomic mass is 10.0. The lowest BCUT2D eigenvalue weighted by Gasteiger charge is -2.06. The number of aliphatic hydroxyl groups excluding tert-OH is 1. The summed E-state index contributed by atoms with van der Waals surface area (Å²) in [5.41, 5.74) is 2.80. The average molecular weight is 414 g/mol. The summed E-state index contributed by atoms with van der Waals surface area (Å²) in [5, 5.41) is 18.1. The van der Waals surface area contributed by atoms with Crippen molar-refractivity contribution in [3.63, 3.8) is 0 Å². The maximum absolute atomic E-state index is 12.4. The summed E-state index contributed by atoms with van der Waals surface area (Å²) in [4.78, 5) is 23.1. The van der Waals surface area contributed by atoms with Gasteiger partial charge in [0.25, 0.3) is 0 Å². The number of ketones is 1. The molecule has 5 nitrogen and oxygen atoms in total. The second-order valence-electron chi connectivity index (χ2n) is 6.87. The van der Waals surface area contributed by atoms with E-state index >= 15 is 0 Å². The summed E-state index contributed by atoms with van der Waals surface area (Å²) in [6, 6.07) is 23.3. The zero-order valence-electron chi connectivity index (χ0n) is 16.8. The van der Waals surface area contributed by atoms with Gasteiger partial charge in [-0.25, -0.2) is 4.79 Å². The predicted molar refractivity (Wildman–Crippen MR) is 117 cm³/mol. The number of carboxylic acids is 1. The van der Waals surface area contributed by atoms with Crippen molar-refractivity contribution >= 4 is 11.8 Å². The van der Waals surface area contributed by atoms with Gasteiger partial charge in [0.1, 0.15) is 5.75 Å². The quantitative estimate of drug-likeness (QED) is 0.333. The van der Waals surface area contributed by atoms with Crippen molar-refractivity contribution in [1.82, 2.24) is 0 Å². The molecule has 0 fully saturated rings. The summed E-state index contributed by atoms with van der Waals surface area (Å²) >= 11 is 0. The van der Waals surface area contributed by atoms with Gasteiger partial charge < -0.3 is 14.9 Å². The molecule has 3 rings (SSSR count). The summed E-state index contributed by atoms with van der Waals surface area (Å²) in [7, 11) is 0. The van der Waals surface area contributed by atoms with E-state index in [0.29, 0.717) is 29.9 Å². The van der Waals surface area contributed by atoms with E-state index in [9.17, 15) is 14.7 Å². The molecule has 156 valence electrons. The Labute approximate surface area is 180 Å². The van der Waals surface area contributed by atoms with Gasteiger partial charge in [-0.15, -0.1) is 0 Å². The second-order valence-corrected chi connectivity index (χ2v) is 6.87. The third kappa shape index (κ3) is 6.56. The minimum Gasteiger partial charge on any atom is -0.493 e. The van der Waals surface area contributed by atoms with Crippen LogP contribution in [-0.2, 0) is 11.2 Å². The van der Waals surface area contributed by atoms with E-state index in [1.807, 2.05) is 18.2 Å². The highest BCUT2D eigenvalue weighted by atomic mass is 16.5. The molecule has 0 heterocycles. The molecular formula is C26H22O5. The number of ether oxygens (including phenoxy) is 1. The van der Waals surface area contributed by atoms with Crippen LogP contribution in [0.15, 0.2) is 78.9 Å². The van der Waals surface area contributed by atoms with Crippen molar-refractivity contribution in [2.24, 2.45) is 0 Å². The van der Waals surface area contributed by atoms with Crippen molar-refractivity contribution in [1.29, 1.82) is 0 Å². The van der Waals surface area contributed by atoms with Crippen LogP contribution in [0.1, 0.15) is 33.5 Å². The van der Waals surface area contributed by atoms with E-state index < -0.39 is 12.1 Å². The van der Waals surface area contributed by atoms with Gasteiger partial charge in [0.05, 0.1) is 6.61 Å². The summed E-state index contributed by atoms with van der Waals surface area (Å²) < 4.78 is 5.67. The topological polar surface area (TPSA) is 83.8 Å². The molecule has 3 aromatic rings. The lowest BCUT2D eigenvalue weighted by molar-refractivity contribution is -0.146. The first-order valence-corrected chi connectivity index (χ1v) is 9.84. The molecule has 1 atom stereocenters. The second kappa shape index (κ2) is 10.8. The molecule has 0 aromatic heterocycles. The smallest absolute Gasteiger partial charge is 0.332 e. The fourth-order valence-corrected chi connectivity index (χ4v) is 2.88. The molecule has 0 saturated heterocycles. The zero-order chi connectivity index (χ0) is 22.1. The minimum absolute atomic E-state index is 0.0264. The number of hydrogen-bond acceptors (Lipinski definition) is 4. The number of rotatable bonds is 8. The monoisotopic (exact) mass is 414 g/mol. The van der Waals surface area contributed by atoms with Crippen LogP contribution in [0.25, 0.3) is 0 Å². The molecule has 5 heteroatoms. The van der Waals surface area contributed by atoms with E-state index in [0.717, 1.165) is 11.1 Å². The van der Waals surface area contributed by atoms with Gasteiger partial charge in [-0.05, 0) is 42.0 Å². The minimum atomic E-state index is -1.40. The maximum atomic E-state index is 12.4. The molecule has 3 aromatic carbocycles. The van der Waals surface area contributed by atoms with E-state index in [4.69, 9.17) is 9.84 Å². The van der Waals surface area contributed by atoms with Gasteiger partial charge in [0.15, 0.2) is 11.9 Å². The van der Waals surface area contributed by atoms with Crippen LogP contribution in [0.4, 0.5) is 0 Å². The number of carbonyl (C=O) groups is 2. The summed E-state index contributed by atoms with van der Waals surface area (Å²) in [6.07, 6.45) is -0.809. The van der Waals surface area contributed by atoms with Crippen molar-refractivity contribution in [3.05, 3.63) is 101 Å². The fourth-order valence-electron chi connectivity index (χ4n) is 2.88. The van der Waals surface area contributed by atoms with E-state index in [2.05, 4.69) is 11.8 Å². The molecule has 0 radical (unpaired) electrons. The van der Waals surface area contributed by atoms with Gasteiger partial charge in [-0.3, -0.25) is 4.79 Å². The maximum Gasteiger partial charge on any atom is 0.332 e. The third-order valence-electron chi connectivity index (χ3n) is 4.55. The van der Waals surface area contributed by atoms with Gasteiger partial charge in [-0.1, -0.05) is 54.3 Å². The Morgan fingerprint density at radius 3 is 2.16 bits per heavy atom. The van der Waals surface area contributed by atoms with Gasteiger partial charge in [0, 0.05) is 29.5 Å². The van der Waals surface area contributed by atoms with Gasteiger partial charge in [-0.2, -0.15) is 0 Å². The van der Waals surface area contributed by atoms with Crippen molar-refractivity contribution in [3.8, 4) is 17.6 Å². The van der Waals surface area contributed by atoms with Crippen molar-refractivity contribution in [2.75, 3.05) is 6.61 Å². The fraction of sp³-hybridized carbons (Fsp3) is 0.154. The lowest BCUT2D eigenvalue weighted by Crippen LogP contribution is -2.21. The molecule has 0 amide bonds. The van der Waals surface area contributed by atoms with Gasteiger partial charge in [0.2, 0.25) is 0 Å². The highest BCUT2D eigenvalue weighted by molar-refractivity contribution is 6.08. The first-order chi connectivity index (χ1) is 15.0. The van der Waals surface area contributed by atoms with Crippen molar-refractivity contribution < 1.29 is 24.5 Å². The van der Waals surface area contributed by atoms with Crippen LogP contribution >= 0.6 is 0 Å². The number of carboxylic acid groups (broad SMARTS) is 1. The Bertz CT molecular complexity index is 1070. The molecule has 0 saturated carbocycles. The Morgan fingerprint density at radius 2 is 1.52 bits per heavy atom. The highest BCUT2D eigenvalue weighted by Gasteiger charge is 2.13. The first-order valence-electron chi connectivity index (χ1n) is 9.84. The Kier molecular flexibility index (Phi) is 7.58. The molecule has 0 aliphatic heterocycles. The van der Waals surface area contributed by atoms with E-state index in [1.165, 1.54) is 0 Å². The SMILES string of the molecule is O=C(c1ccccc1)c1ccc(OCCC#Cc2ccc(C[C@H](O)C(=O)O)cc2)cc1. The Balaban J connectivity index is 1.45. The van der Waals surface area contributed by atoms with Crippen LogP contribution in [0, 0.1) is 11.8 Å². The highest BCUT2D eigenvalue weighted by Crippen LogP contribution is 2.15. The standard InChI is InChI=1S/C26H22O5/c27-24(26(29)30)18-20-11-9-19(10-12-20)6-4-5-17-31-23-15-13-22(14-16-23)25(28)21-7-2-1-3-8-21/h1-3,7-16,24,27H,5,17-18H2,(H,29,30)/t24-/m0/s1.